The van der Waals surface area contributed by atoms with E-state index in [0.717, 1.165) is 6.54 Å². The minimum atomic E-state index is 0.640. The summed E-state index contributed by atoms with van der Waals surface area (Å²) in [6.07, 6.45) is 0. The van der Waals surface area contributed by atoms with Crippen LogP contribution in [0.1, 0.15) is 20.8 Å². The molecule has 60 valence electrons. The molecule has 1 N–H and O–H groups in total. The van der Waals surface area contributed by atoms with Gasteiger partial charge >= 0.3 is 0 Å². The molecule has 1 aliphatic rings. The topological polar surface area (TPSA) is 15.3 Å². The van der Waals surface area contributed by atoms with Crippen molar-refractivity contribution in [2.45, 2.75) is 38.9 Å². The van der Waals surface area contributed by atoms with E-state index in [1.165, 1.54) is 0 Å². The molecule has 3 unspecified atom stereocenters. The lowest BCUT2D eigenvalue weighted by molar-refractivity contribution is 0.118. The summed E-state index contributed by atoms with van der Waals surface area (Å²) in [5, 5.41) is 3.47. The maximum Gasteiger partial charge on any atom is 0.0218 e. The summed E-state index contributed by atoms with van der Waals surface area (Å²) < 4.78 is 0. The van der Waals surface area contributed by atoms with E-state index in [9.17, 15) is 0 Å². The number of hydrogen-bond acceptors (Lipinski definition) is 2. The van der Waals surface area contributed by atoms with E-state index in [2.05, 4.69) is 38.0 Å². The monoisotopic (exact) mass is 142 g/mol. The van der Waals surface area contributed by atoms with E-state index in [1.807, 2.05) is 0 Å². The first-order valence-electron chi connectivity index (χ1n) is 4.08. The molecule has 0 bridgehead atoms. The predicted octanol–water partition coefficient (Wildman–Crippen LogP) is 0.687. The zero-order chi connectivity index (χ0) is 7.72. The third-order valence-corrected chi connectivity index (χ3v) is 2.80. The van der Waals surface area contributed by atoms with Gasteiger partial charge in [0.05, 0.1) is 0 Å². The quantitative estimate of drug-likeness (QED) is 0.535. The normalized spacial score (nSPS) is 43.8. The summed E-state index contributed by atoms with van der Waals surface area (Å²) in [5.74, 6) is 0. The van der Waals surface area contributed by atoms with Gasteiger partial charge in [0.1, 0.15) is 0 Å². The van der Waals surface area contributed by atoms with Crippen LogP contribution in [-0.2, 0) is 0 Å². The van der Waals surface area contributed by atoms with Crippen LogP contribution in [0.15, 0.2) is 0 Å². The van der Waals surface area contributed by atoms with E-state index >= 15 is 0 Å². The Morgan fingerprint density at radius 2 is 1.90 bits per heavy atom. The van der Waals surface area contributed by atoms with Crippen LogP contribution in [0.5, 0.6) is 0 Å². The van der Waals surface area contributed by atoms with E-state index in [1.54, 1.807) is 0 Å². The molecule has 1 saturated heterocycles. The van der Waals surface area contributed by atoms with Gasteiger partial charge in [-0.25, -0.2) is 0 Å². The first-order valence-corrected chi connectivity index (χ1v) is 4.08. The Kier molecular flexibility index (Phi) is 2.32. The number of hydrogen-bond donors (Lipinski definition) is 1. The van der Waals surface area contributed by atoms with Gasteiger partial charge < -0.3 is 5.32 Å². The van der Waals surface area contributed by atoms with Crippen molar-refractivity contribution in [1.82, 2.24) is 10.2 Å². The van der Waals surface area contributed by atoms with Gasteiger partial charge in [0.25, 0.3) is 0 Å². The second-order valence-corrected chi connectivity index (χ2v) is 3.45. The maximum absolute atomic E-state index is 3.47. The van der Waals surface area contributed by atoms with Crippen molar-refractivity contribution < 1.29 is 0 Å². The highest BCUT2D eigenvalue weighted by atomic mass is 15.2. The predicted molar refractivity (Wildman–Crippen MR) is 44.2 cm³/mol. The molecule has 0 radical (unpaired) electrons. The average molecular weight is 142 g/mol. The Labute approximate surface area is 63.6 Å². The zero-order valence-electron chi connectivity index (χ0n) is 7.39. The minimum Gasteiger partial charge on any atom is -0.311 e. The third kappa shape index (κ3) is 1.32. The van der Waals surface area contributed by atoms with E-state index in [0.29, 0.717) is 18.1 Å². The Bertz CT molecular complexity index is 99.8. The van der Waals surface area contributed by atoms with Crippen LogP contribution in [0.4, 0.5) is 0 Å². The van der Waals surface area contributed by atoms with Gasteiger partial charge in [-0.1, -0.05) is 0 Å². The molecule has 2 nitrogen and oxygen atoms in total. The summed E-state index contributed by atoms with van der Waals surface area (Å²) >= 11 is 0. The molecular formula is C8H18N2. The zero-order valence-corrected chi connectivity index (χ0v) is 7.39. The van der Waals surface area contributed by atoms with Crippen LogP contribution in [0.25, 0.3) is 0 Å². The fraction of sp³-hybridized carbons (Fsp3) is 1.00. The second-order valence-electron chi connectivity index (χ2n) is 3.45. The van der Waals surface area contributed by atoms with Gasteiger partial charge in [0.2, 0.25) is 0 Å². The lowest BCUT2D eigenvalue weighted by Gasteiger charge is -2.40. The molecule has 1 aliphatic heterocycles. The van der Waals surface area contributed by atoms with Crippen molar-refractivity contribution in [3.05, 3.63) is 0 Å². The lowest BCUT2D eigenvalue weighted by atomic mass is 10.0. The van der Waals surface area contributed by atoms with Gasteiger partial charge in [-0.3, -0.25) is 4.90 Å². The summed E-state index contributed by atoms with van der Waals surface area (Å²) in [7, 11) is 2.20. The number of likely N-dealkylation sites (N-methyl/N-ethyl adjacent to an activating group) is 1. The van der Waals surface area contributed by atoms with Crippen LogP contribution >= 0.6 is 0 Å². The van der Waals surface area contributed by atoms with Crippen LogP contribution in [0, 0.1) is 0 Å². The van der Waals surface area contributed by atoms with E-state index in [-0.39, 0.29) is 0 Å². The molecule has 10 heavy (non-hydrogen) atoms. The molecule has 1 heterocycles. The second kappa shape index (κ2) is 2.89. The average Bonchev–Trinajstić information content (AvgIpc) is 1.93. The Balaban J connectivity index is 2.52. The number of piperazine rings is 1. The molecule has 0 aromatic carbocycles. The molecule has 2 heteroatoms. The fourth-order valence-electron chi connectivity index (χ4n) is 1.43. The Hall–Kier alpha value is -0.0800. The summed E-state index contributed by atoms with van der Waals surface area (Å²) in [6.45, 7) is 7.90. The molecule has 0 aliphatic carbocycles. The SMILES string of the molecule is CC1NCC(C)N(C)C1C. The minimum absolute atomic E-state index is 0.640. The van der Waals surface area contributed by atoms with Crippen molar-refractivity contribution in [2.75, 3.05) is 13.6 Å². The summed E-state index contributed by atoms with van der Waals surface area (Å²) in [4.78, 5) is 2.43. The van der Waals surface area contributed by atoms with Gasteiger partial charge in [-0.05, 0) is 27.8 Å². The summed E-state index contributed by atoms with van der Waals surface area (Å²) in [6, 6.07) is 2.00. The van der Waals surface area contributed by atoms with Crippen molar-refractivity contribution in [2.24, 2.45) is 0 Å². The van der Waals surface area contributed by atoms with Gasteiger partial charge in [-0.2, -0.15) is 0 Å². The van der Waals surface area contributed by atoms with E-state index < -0.39 is 0 Å². The molecule has 3 atom stereocenters. The van der Waals surface area contributed by atoms with Crippen molar-refractivity contribution in [3.8, 4) is 0 Å². The van der Waals surface area contributed by atoms with Crippen LogP contribution in [-0.4, -0.2) is 36.6 Å². The molecule has 0 saturated carbocycles. The highest BCUT2D eigenvalue weighted by Crippen LogP contribution is 2.10. The highest BCUT2D eigenvalue weighted by molar-refractivity contribution is 4.85. The van der Waals surface area contributed by atoms with Crippen molar-refractivity contribution in [3.63, 3.8) is 0 Å². The number of nitrogens with zero attached hydrogens (tertiary/aromatic N) is 1. The van der Waals surface area contributed by atoms with Crippen LogP contribution in [0.2, 0.25) is 0 Å². The molecule has 0 spiro atoms. The Morgan fingerprint density at radius 3 is 2.40 bits per heavy atom. The first-order chi connectivity index (χ1) is 4.63. The van der Waals surface area contributed by atoms with Gasteiger partial charge in [0, 0.05) is 24.7 Å². The largest absolute Gasteiger partial charge is 0.311 e. The molecule has 1 fully saturated rings. The fourth-order valence-corrected chi connectivity index (χ4v) is 1.43. The van der Waals surface area contributed by atoms with Crippen molar-refractivity contribution in [1.29, 1.82) is 0 Å². The standard InChI is InChI=1S/C8H18N2/c1-6-5-9-7(2)8(3)10(6)4/h6-9H,5H2,1-4H3. The van der Waals surface area contributed by atoms with Gasteiger partial charge in [0.15, 0.2) is 0 Å². The summed E-state index contributed by atoms with van der Waals surface area (Å²) in [5.41, 5.74) is 0. The highest BCUT2D eigenvalue weighted by Gasteiger charge is 2.25. The van der Waals surface area contributed by atoms with Crippen LogP contribution in [0.3, 0.4) is 0 Å². The van der Waals surface area contributed by atoms with Gasteiger partial charge in [-0.15, -0.1) is 0 Å². The van der Waals surface area contributed by atoms with Crippen molar-refractivity contribution >= 4 is 0 Å². The molecule has 0 aromatic heterocycles. The lowest BCUT2D eigenvalue weighted by Crippen LogP contribution is -2.57. The first kappa shape index (κ1) is 8.02. The Morgan fingerprint density at radius 1 is 1.30 bits per heavy atom. The number of rotatable bonds is 0. The molecule has 1 rings (SSSR count). The molecule has 0 aromatic rings. The molecular weight excluding hydrogens is 124 g/mol. The maximum atomic E-state index is 3.47. The van der Waals surface area contributed by atoms with E-state index in [4.69, 9.17) is 0 Å². The van der Waals surface area contributed by atoms with Crippen LogP contribution < -0.4 is 5.32 Å². The smallest absolute Gasteiger partial charge is 0.0218 e. The number of nitrogens with one attached hydrogen (secondary N) is 1. The third-order valence-electron chi connectivity index (χ3n) is 2.80. The molecule has 0 amide bonds.